The SMILES string of the molecule is COc1cc(OCCCC(=O)NCCOCCOCC(=O)NCCOCCOCC(=O)NCCOCCOCC(=O)NCCOCCOCC(=O)NCCOCCOCC(=O)NCCOCCOCC(N)=O)ccc1CO. The summed E-state index contributed by atoms with van der Waals surface area (Å²) < 4.78 is 74.3. The summed E-state index contributed by atoms with van der Waals surface area (Å²) in [4.78, 5) is 82.0. The van der Waals surface area contributed by atoms with Gasteiger partial charge in [0.05, 0.1) is 139 Å². The second-order valence-electron chi connectivity index (χ2n) is 15.6. The Morgan fingerprint density at radius 1 is 0.403 bits per heavy atom. The Bertz CT molecular complexity index is 1720. The van der Waals surface area contributed by atoms with Crippen LogP contribution in [0.15, 0.2) is 18.2 Å². The molecule has 0 aliphatic rings. The van der Waals surface area contributed by atoms with Crippen molar-refractivity contribution in [3.05, 3.63) is 23.8 Å². The lowest BCUT2D eigenvalue weighted by Gasteiger charge is -2.11. The maximum Gasteiger partial charge on any atom is 0.246 e. The van der Waals surface area contributed by atoms with E-state index in [4.69, 9.17) is 72.0 Å². The molecule has 29 heteroatoms. The number of benzene rings is 1. The topological polar surface area (TPSA) is 367 Å². The number of aliphatic hydroxyl groups is 1. The lowest BCUT2D eigenvalue weighted by Crippen LogP contribution is -2.32. The van der Waals surface area contributed by atoms with Gasteiger partial charge in [0.25, 0.3) is 0 Å². The van der Waals surface area contributed by atoms with Crippen molar-refractivity contribution in [2.45, 2.75) is 19.4 Å². The Balaban J connectivity index is 1.78. The van der Waals surface area contributed by atoms with Crippen molar-refractivity contribution < 1.29 is 105 Å². The van der Waals surface area contributed by atoms with Crippen LogP contribution >= 0.6 is 0 Å². The number of nitrogens with two attached hydrogens (primary N) is 1. The van der Waals surface area contributed by atoms with Gasteiger partial charge < -0.3 is 109 Å². The number of carbonyl (C=O) groups excluding carboxylic acids is 7. The zero-order chi connectivity index (χ0) is 56.1. The first-order valence-corrected chi connectivity index (χ1v) is 25.3. The zero-order valence-corrected chi connectivity index (χ0v) is 44.4. The number of rotatable bonds is 55. The Labute approximate surface area is 449 Å². The molecule has 1 aromatic carbocycles. The molecule has 77 heavy (non-hydrogen) atoms. The molecule has 29 nitrogen and oxygen atoms in total. The van der Waals surface area contributed by atoms with Crippen LogP contribution in [0.2, 0.25) is 0 Å². The first-order chi connectivity index (χ1) is 37.5. The van der Waals surface area contributed by atoms with Crippen molar-refractivity contribution in [3.63, 3.8) is 0 Å². The highest BCUT2D eigenvalue weighted by Crippen LogP contribution is 2.24. The Kier molecular flexibility index (Phi) is 46.4. The van der Waals surface area contributed by atoms with Crippen LogP contribution in [0.25, 0.3) is 0 Å². The number of carbonyl (C=O) groups is 7. The molecule has 9 N–H and O–H groups in total. The van der Waals surface area contributed by atoms with Gasteiger partial charge in [0.2, 0.25) is 41.4 Å². The molecule has 1 rings (SSSR count). The maximum atomic E-state index is 12.0. The van der Waals surface area contributed by atoms with E-state index in [1.54, 1.807) is 18.2 Å². The molecular weight excluding hydrogens is 1030 g/mol. The second kappa shape index (κ2) is 51.4. The predicted octanol–water partition coefficient (Wildman–Crippen LogP) is -4.27. The van der Waals surface area contributed by atoms with Crippen LogP contribution in [0.4, 0.5) is 0 Å². The van der Waals surface area contributed by atoms with Gasteiger partial charge in [-0.25, -0.2) is 0 Å². The monoisotopic (exact) mass is 1110 g/mol. The summed E-state index contributed by atoms with van der Waals surface area (Å²) in [6, 6.07) is 5.15. The summed E-state index contributed by atoms with van der Waals surface area (Å²) >= 11 is 0. The molecule has 0 spiro atoms. The third kappa shape index (κ3) is 46.4. The zero-order valence-electron chi connectivity index (χ0n) is 44.4. The first-order valence-electron chi connectivity index (χ1n) is 25.3. The molecule has 0 saturated heterocycles. The Morgan fingerprint density at radius 2 is 0.701 bits per heavy atom. The molecular formula is C48H83N7O22. The average molecular weight is 1110 g/mol. The van der Waals surface area contributed by atoms with E-state index >= 15 is 0 Å². The maximum absolute atomic E-state index is 12.0. The molecule has 0 radical (unpaired) electrons. The number of amides is 7. The minimum Gasteiger partial charge on any atom is -0.496 e. The van der Waals surface area contributed by atoms with Gasteiger partial charge >= 0.3 is 0 Å². The summed E-state index contributed by atoms with van der Waals surface area (Å²) in [5.74, 6) is -1.14. The third-order valence-electron chi connectivity index (χ3n) is 9.30. The molecule has 0 aliphatic carbocycles. The van der Waals surface area contributed by atoms with Gasteiger partial charge in [-0.1, -0.05) is 0 Å². The van der Waals surface area contributed by atoms with Crippen molar-refractivity contribution in [2.24, 2.45) is 5.73 Å². The van der Waals surface area contributed by atoms with Gasteiger partial charge in [-0.3, -0.25) is 33.6 Å². The van der Waals surface area contributed by atoms with Gasteiger partial charge in [0.15, 0.2) is 0 Å². The molecule has 442 valence electrons. The largest absolute Gasteiger partial charge is 0.496 e. The van der Waals surface area contributed by atoms with E-state index in [0.29, 0.717) is 56.2 Å². The Morgan fingerprint density at radius 3 is 1.00 bits per heavy atom. The molecule has 0 heterocycles. The molecule has 0 unspecified atom stereocenters. The first kappa shape index (κ1) is 69.6. The van der Waals surface area contributed by atoms with Crippen molar-refractivity contribution >= 4 is 41.4 Å². The number of hydrogen-bond donors (Lipinski definition) is 8. The second-order valence-corrected chi connectivity index (χ2v) is 15.6. The fourth-order valence-electron chi connectivity index (χ4n) is 5.60. The van der Waals surface area contributed by atoms with Crippen LogP contribution < -0.4 is 47.1 Å². The minimum atomic E-state index is -0.557. The molecule has 1 aromatic rings. The van der Waals surface area contributed by atoms with Crippen molar-refractivity contribution in [1.29, 1.82) is 0 Å². The van der Waals surface area contributed by atoms with Crippen LogP contribution in [-0.4, -0.2) is 258 Å². The lowest BCUT2D eigenvalue weighted by molar-refractivity contribution is -0.128. The van der Waals surface area contributed by atoms with Gasteiger partial charge in [-0.15, -0.1) is 0 Å². The van der Waals surface area contributed by atoms with Gasteiger partial charge in [-0.2, -0.15) is 0 Å². The summed E-state index contributed by atoms with van der Waals surface area (Å²) in [5.41, 5.74) is 5.61. The van der Waals surface area contributed by atoms with E-state index < -0.39 is 5.91 Å². The lowest BCUT2D eigenvalue weighted by atomic mass is 10.2. The summed E-state index contributed by atoms with van der Waals surface area (Å²) in [5, 5.41) is 25.3. The standard InChI is InChI=1S/C48H83N7O22/c1-64-41-31-40(5-4-39(41)32-56)77-12-2-3-43(58)50-6-13-65-20-26-72-34-45(60)52-8-15-67-22-28-74-36-47(62)54-10-17-69-24-30-76-38-48(63)55-11-18-70-23-29-75-37-46(61)53-9-16-68-21-27-73-35-44(59)51-7-14-66-19-25-71-33-42(49)57/h4-5,31,56H,2-3,6-30,32-38H2,1H3,(H2,49,57)(H,50,58)(H,51,59)(H,52,60)(H,53,61)(H,54,62)(H,55,63). The van der Waals surface area contributed by atoms with Gasteiger partial charge in [0, 0.05) is 57.3 Å². The number of primary amides is 1. The number of ether oxygens (including phenoxy) is 14. The number of hydrogen-bond acceptors (Lipinski definition) is 22. The minimum absolute atomic E-state index is 0.124. The van der Waals surface area contributed by atoms with Gasteiger partial charge in [0.1, 0.15) is 51.1 Å². The molecule has 0 atom stereocenters. The molecule has 0 aromatic heterocycles. The fraction of sp³-hybridized carbons (Fsp3) is 0.729. The molecule has 0 fully saturated rings. The van der Waals surface area contributed by atoms with Crippen LogP contribution in [0.1, 0.15) is 18.4 Å². The van der Waals surface area contributed by atoms with Crippen LogP contribution in [-0.2, 0) is 97.0 Å². The van der Waals surface area contributed by atoms with E-state index in [-0.39, 0.29) is 220 Å². The predicted molar refractivity (Wildman–Crippen MR) is 271 cm³/mol. The summed E-state index contributed by atoms with van der Waals surface area (Å²) in [6.07, 6.45) is 0.811. The highest BCUT2D eigenvalue weighted by Gasteiger charge is 2.08. The van der Waals surface area contributed by atoms with Crippen LogP contribution in [0, 0.1) is 0 Å². The smallest absolute Gasteiger partial charge is 0.246 e. The molecule has 7 amide bonds. The highest BCUT2D eigenvalue weighted by atomic mass is 16.6. The number of methoxy groups -OCH3 is 1. The van der Waals surface area contributed by atoms with Crippen molar-refractivity contribution in [2.75, 3.05) is 212 Å². The summed E-state index contributed by atoms with van der Waals surface area (Å²) in [6.45, 7) is 5.12. The average Bonchev–Trinajstić information content (AvgIpc) is 3.41. The molecule has 0 saturated carbocycles. The van der Waals surface area contributed by atoms with Crippen LogP contribution in [0.5, 0.6) is 11.5 Å². The number of aliphatic hydroxyl groups excluding tert-OH is 1. The third-order valence-corrected chi connectivity index (χ3v) is 9.30. The quantitative estimate of drug-likeness (QED) is 0.0286. The van der Waals surface area contributed by atoms with Gasteiger partial charge in [-0.05, 0) is 18.6 Å². The van der Waals surface area contributed by atoms with Crippen LogP contribution in [0.3, 0.4) is 0 Å². The fourth-order valence-corrected chi connectivity index (χ4v) is 5.60. The normalized spacial score (nSPS) is 10.9. The molecule has 0 aliphatic heterocycles. The number of nitrogens with one attached hydrogen (secondary N) is 6. The van der Waals surface area contributed by atoms with E-state index in [2.05, 4.69) is 31.9 Å². The molecule has 0 bridgehead atoms. The van der Waals surface area contributed by atoms with Crippen molar-refractivity contribution in [3.8, 4) is 11.5 Å². The summed E-state index contributed by atoms with van der Waals surface area (Å²) in [7, 11) is 1.52. The van der Waals surface area contributed by atoms with E-state index in [1.165, 1.54) is 7.11 Å². The highest BCUT2D eigenvalue weighted by molar-refractivity contribution is 5.78. The van der Waals surface area contributed by atoms with E-state index in [1.807, 2.05) is 0 Å². The van der Waals surface area contributed by atoms with E-state index in [0.717, 1.165) is 0 Å². The van der Waals surface area contributed by atoms with E-state index in [9.17, 15) is 38.7 Å². The van der Waals surface area contributed by atoms with Crippen molar-refractivity contribution in [1.82, 2.24) is 31.9 Å². The Hall–Kier alpha value is -5.41.